The predicted octanol–water partition coefficient (Wildman–Crippen LogP) is 3.36. The number of ether oxygens (including phenoxy) is 3. The van der Waals surface area contributed by atoms with E-state index in [0.29, 0.717) is 26.3 Å². The predicted molar refractivity (Wildman–Crippen MR) is 99.9 cm³/mol. The first-order valence-electron chi connectivity index (χ1n) is 9.27. The van der Waals surface area contributed by atoms with Crippen LogP contribution in [0.2, 0.25) is 0 Å². The number of rotatable bonds is 9. The molecule has 154 valence electrons. The van der Waals surface area contributed by atoms with Gasteiger partial charge in [-0.3, -0.25) is 4.90 Å². The monoisotopic (exact) mass is 396 g/mol. The van der Waals surface area contributed by atoms with Crippen molar-refractivity contribution in [2.45, 2.75) is 26.1 Å². The zero-order valence-electron chi connectivity index (χ0n) is 16.1. The number of nitrogens with one attached hydrogen (secondary N) is 1. The third kappa shape index (κ3) is 5.43. The van der Waals surface area contributed by atoms with Gasteiger partial charge in [-0.25, -0.2) is 0 Å². The number of methoxy groups -OCH3 is 1. The fraction of sp³-hybridized carbons (Fsp3) is 0.500. The highest BCUT2D eigenvalue weighted by atomic mass is 19.3. The van der Waals surface area contributed by atoms with Crippen LogP contribution in [0, 0.1) is 6.92 Å². The van der Waals surface area contributed by atoms with Crippen LogP contribution >= 0.6 is 0 Å². The highest BCUT2D eigenvalue weighted by molar-refractivity contribution is 5.43. The maximum absolute atomic E-state index is 12.6. The molecule has 28 heavy (non-hydrogen) atoms. The van der Waals surface area contributed by atoms with Gasteiger partial charge in [0.2, 0.25) is 0 Å². The lowest BCUT2D eigenvalue weighted by atomic mass is 10.1. The summed E-state index contributed by atoms with van der Waals surface area (Å²) < 4.78 is 46.1. The van der Waals surface area contributed by atoms with Crippen LogP contribution in [-0.2, 0) is 11.3 Å². The summed E-state index contributed by atoms with van der Waals surface area (Å²) >= 11 is 0. The lowest BCUT2D eigenvalue weighted by Crippen LogP contribution is -2.42. The van der Waals surface area contributed by atoms with Crippen molar-refractivity contribution >= 4 is 0 Å². The number of hydrogen-bond donors (Lipinski definition) is 1. The lowest BCUT2D eigenvalue weighted by molar-refractivity contribution is -0.0512. The normalized spacial score (nSPS) is 16.3. The highest BCUT2D eigenvalue weighted by Crippen LogP contribution is 2.29. The minimum absolute atomic E-state index is 0.0307. The van der Waals surface area contributed by atoms with Gasteiger partial charge < -0.3 is 23.9 Å². The van der Waals surface area contributed by atoms with Gasteiger partial charge in [0.25, 0.3) is 0 Å². The Balaban J connectivity index is 1.65. The Morgan fingerprint density at radius 3 is 2.57 bits per heavy atom. The number of benzene rings is 1. The molecule has 1 N–H and O–H groups in total. The lowest BCUT2D eigenvalue weighted by Gasteiger charge is -2.33. The summed E-state index contributed by atoms with van der Waals surface area (Å²) in [4.78, 5) is 2.33. The molecule has 6 nitrogen and oxygen atoms in total. The Hall–Kier alpha value is -2.16. The van der Waals surface area contributed by atoms with E-state index in [4.69, 9.17) is 13.9 Å². The molecule has 0 saturated carbocycles. The minimum Gasteiger partial charge on any atom is -0.493 e. The molecule has 0 radical (unpaired) electrons. The molecule has 0 aliphatic carbocycles. The van der Waals surface area contributed by atoms with E-state index in [1.807, 2.05) is 25.1 Å². The van der Waals surface area contributed by atoms with E-state index in [1.54, 1.807) is 12.1 Å². The summed E-state index contributed by atoms with van der Waals surface area (Å²) in [6.07, 6.45) is 0. The van der Waals surface area contributed by atoms with Crippen LogP contribution in [0.15, 0.2) is 34.7 Å². The van der Waals surface area contributed by atoms with Gasteiger partial charge in [-0.1, -0.05) is 6.07 Å². The minimum atomic E-state index is -2.90. The molecule has 3 rings (SSSR count). The van der Waals surface area contributed by atoms with Crippen LogP contribution < -0.4 is 14.8 Å². The van der Waals surface area contributed by atoms with Crippen LogP contribution in [0.4, 0.5) is 8.78 Å². The molecule has 0 amide bonds. The van der Waals surface area contributed by atoms with Crippen molar-refractivity contribution in [1.82, 2.24) is 10.2 Å². The van der Waals surface area contributed by atoms with Crippen molar-refractivity contribution in [2.24, 2.45) is 0 Å². The van der Waals surface area contributed by atoms with Gasteiger partial charge in [-0.15, -0.1) is 0 Å². The number of morpholine rings is 1. The summed E-state index contributed by atoms with van der Waals surface area (Å²) in [7, 11) is 1.42. The molecule has 1 aromatic heterocycles. The molecule has 1 aliphatic rings. The number of aryl methyl sites for hydroxylation is 1. The molecule has 1 saturated heterocycles. The van der Waals surface area contributed by atoms with Crippen molar-refractivity contribution < 1.29 is 27.4 Å². The van der Waals surface area contributed by atoms with Crippen LogP contribution in [-0.4, -0.2) is 51.5 Å². The van der Waals surface area contributed by atoms with E-state index >= 15 is 0 Å². The SMILES string of the molecule is COc1ccc(CNCC(c2ccc(C)o2)N2CCOCC2)cc1OC(F)F. The topological polar surface area (TPSA) is 56.1 Å². The van der Waals surface area contributed by atoms with E-state index < -0.39 is 6.61 Å². The van der Waals surface area contributed by atoms with Crippen molar-refractivity contribution in [3.8, 4) is 11.5 Å². The zero-order chi connectivity index (χ0) is 19.9. The van der Waals surface area contributed by atoms with Crippen molar-refractivity contribution in [1.29, 1.82) is 0 Å². The molecule has 1 atom stereocenters. The number of hydrogen-bond acceptors (Lipinski definition) is 6. The Morgan fingerprint density at radius 2 is 1.93 bits per heavy atom. The van der Waals surface area contributed by atoms with Gasteiger partial charge in [0, 0.05) is 26.2 Å². The van der Waals surface area contributed by atoms with Gasteiger partial charge in [-0.2, -0.15) is 8.78 Å². The van der Waals surface area contributed by atoms with Crippen molar-refractivity contribution in [3.05, 3.63) is 47.4 Å². The molecule has 1 fully saturated rings. The van der Waals surface area contributed by atoms with Crippen LogP contribution in [0.25, 0.3) is 0 Å². The quantitative estimate of drug-likeness (QED) is 0.702. The summed E-state index contributed by atoms with van der Waals surface area (Å²) in [6, 6.07) is 9.06. The Morgan fingerprint density at radius 1 is 1.14 bits per heavy atom. The molecule has 8 heteroatoms. The smallest absolute Gasteiger partial charge is 0.387 e. The zero-order valence-corrected chi connectivity index (χ0v) is 16.1. The average molecular weight is 396 g/mol. The number of furan rings is 1. The van der Waals surface area contributed by atoms with E-state index in [1.165, 1.54) is 7.11 Å². The second kappa shape index (κ2) is 9.86. The fourth-order valence-corrected chi connectivity index (χ4v) is 3.30. The molecule has 0 bridgehead atoms. The summed E-state index contributed by atoms with van der Waals surface area (Å²) in [5, 5.41) is 3.40. The summed E-state index contributed by atoms with van der Waals surface area (Å²) in [5.74, 6) is 2.09. The number of alkyl halides is 2. The van der Waals surface area contributed by atoms with Crippen molar-refractivity contribution in [3.63, 3.8) is 0 Å². The van der Waals surface area contributed by atoms with E-state index in [0.717, 1.165) is 30.2 Å². The fourth-order valence-electron chi connectivity index (χ4n) is 3.30. The van der Waals surface area contributed by atoms with E-state index in [-0.39, 0.29) is 17.5 Å². The maximum atomic E-state index is 12.6. The first-order valence-corrected chi connectivity index (χ1v) is 9.27. The second-order valence-electron chi connectivity index (χ2n) is 6.61. The first kappa shape index (κ1) is 20.6. The first-order chi connectivity index (χ1) is 13.6. The molecule has 0 spiro atoms. The highest BCUT2D eigenvalue weighted by Gasteiger charge is 2.25. The molecular weight excluding hydrogens is 370 g/mol. The number of halogens is 2. The molecule has 1 aliphatic heterocycles. The largest absolute Gasteiger partial charge is 0.493 e. The number of nitrogens with zero attached hydrogens (tertiary/aromatic N) is 1. The third-order valence-electron chi connectivity index (χ3n) is 4.69. The standard InChI is InChI=1S/C20H26F2N2O4/c1-14-3-5-17(27-14)16(24-7-9-26-10-8-24)13-23-12-15-4-6-18(25-2)19(11-15)28-20(21)22/h3-6,11,16,20,23H,7-10,12-13H2,1-2H3. The molecule has 1 unspecified atom stereocenters. The summed E-state index contributed by atoms with van der Waals surface area (Å²) in [5.41, 5.74) is 0.827. The Kier molecular flexibility index (Phi) is 7.24. The van der Waals surface area contributed by atoms with E-state index in [9.17, 15) is 8.78 Å². The average Bonchev–Trinajstić information content (AvgIpc) is 3.11. The molecule has 1 aromatic carbocycles. The molecule has 2 aromatic rings. The Labute approximate surface area is 163 Å². The van der Waals surface area contributed by atoms with Gasteiger partial charge in [0.1, 0.15) is 11.5 Å². The Bertz CT molecular complexity index is 748. The molecular formula is C20H26F2N2O4. The van der Waals surface area contributed by atoms with E-state index in [2.05, 4.69) is 15.0 Å². The maximum Gasteiger partial charge on any atom is 0.387 e. The van der Waals surface area contributed by atoms with Crippen LogP contribution in [0.5, 0.6) is 11.5 Å². The van der Waals surface area contributed by atoms with Crippen LogP contribution in [0.3, 0.4) is 0 Å². The van der Waals surface area contributed by atoms with Gasteiger partial charge >= 0.3 is 6.61 Å². The van der Waals surface area contributed by atoms with Gasteiger partial charge in [-0.05, 0) is 36.8 Å². The summed E-state index contributed by atoms with van der Waals surface area (Å²) in [6.45, 7) is 3.25. The van der Waals surface area contributed by atoms with Gasteiger partial charge in [0.05, 0.1) is 26.4 Å². The molecule has 2 heterocycles. The second-order valence-corrected chi connectivity index (χ2v) is 6.61. The van der Waals surface area contributed by atoms with Gasteiger partial charge in [0.15, 0.2) is 11.5 Å². The van der Waals surface area contributed by atoms with Crippen LogP contribution in [0.1, 0.15) is 23.1 Å². The van der Waals surface area contributed by atoms with Crippen molar-refractivity contribution in [2.75, 3.05) is 40.0 Å². The third-order valence-corrected chi connectivity index (χ3v) is 4.69.